The molecule has 5 aromatic rings. The van der Waals surface area contributed by atoms with Crippen LogP contribution in [0.2, 0.25) is 5.02 Å². The number of benzene rings is 5. The van der Waals surface area contributed by atoms with Crippen molar-refractivity contribution in [3.05, 3.63) is 155 Å². The first-order valence-electron chi connectivity index (χ1n) is 15.4. The summed E-state index contributed by atoms with van der Waals surface area (Å²) < 4.78 is 35.5. The summed E-state index contributed by atoms with van der Waals surface area (Å²) in [5.41, 5.74) is 2.72. The van der Waals surface area contributed by atoms with Crippen molar-refractivity contribution in [2.75, 3.05) is 17.9 Å². The Labute approximate surface area is 286 Å². The first kappa shape index (κ1) is 34.2. The van der Waals surface area contributed by atoms with Gasteiger partial charge in [0.15, 0.2) is 0 Å². The van der Waals surface area contributed by atoms with E-state index in [2.05, 4.69) is 5.32 Å². The lowest BCUT2D eigenvalue weighted by molar-refractivity contribution is -0.139. The molecule has 5 aromatic carbocycles. The third-order valence-corrected chi connectivity index (χ3v) is 9.82. The van der Waals surface area contributed by atoms with Crippen LogP contribution in [-0.2, 0) is 32.6 Å². The lowest BCUT2D eigenvalue weighted by atomic mass is 10.0. The van der Waals surface area contributed by atoms with Crippen molar-refractivity contribution >= 4 is 39.1 Å². The van der Waals surface area contributed by atoms with Gasteiger partial charge < -0.3 is 15.0 Å². The van der Waals surface area contributed by atoms with Crippen molar-refractivity contribution in [1.29, 1.82) is 0 Å². The molecule has 1 unspecified atom stereocenters. The van der Waals surface area contributed by atoms with E-state index in [1.165, 1.54) is 24.1 Å². The molecule has 0 aliphatic heterocycles. The number of amides is 2. The Kier molecular flexibility index (Phi) is 11.2. The molecule has 8 nitrogen and oxygen atoms in total. The van der Waals surface area contributed by atoms with Gasteiger partial charge in [0.1, 0.15) is 24.1 Å². The van der Waals surface area contributed by atoms with Gasteiger partial charge in [0.25, 0.3) is 10.0 Å². The van der Waals surface area contributed by atoms with Crippen LogP contribution in [0.15, 0.2) is 138 Å². The number of carbonyl (C=O) groups is 2. The molecular formula is C38H36ClN3O5S. The predicted molar refractivity (Wildman–Crippen MR) is 189 cm³/mol. The molecule has 1 atom stereocenters. The van der Waals surface area contributed by atoms with Crippen molar-refractivity contribution in [2.45, 2.75) is 30.8 Å². The molecule has 0 saturated heterocycles. The second-order valence-corrected chi connectivity index (χ2v) is 13.5. The molecule has 0 aromatic heterocycles. The van der Waals surface area contributed by atoms with E-state index < -0.39 is 28.5 Å². The summed E-state index contributed by atoms with van der Waals surface area (Å²) >= 11 is 6.14. The number of nitrogens with zero attached hydrogens (tertiary/aromatic N) is 2. The third-order valence-electron chi connectivity index (χ3n) is 7.78. The zero-order chi connectivity index (χ0) is 34.1. The molecule has 0 bridgehead atoms. The molecule has 0 spiro atoms. The number of hydrogen-bond acceptors (Lipinski definition) is 5. The van der Waals surface area contributed by atoms with Crippen LogP contribution in [-0.4, -0.2) is 44.8 Å². The molecule has 0 aliphatic rings. The lowest BCUT2D eigenvalue weighted by Crippen LogP contribution is -2.53. The predicted octanol–water partition coefficient (Wildman–Crippen LogP) is 7.02. The number of rotatable bonds is 13. The van der Waals surface area contributed by atoms with E-state index in [1.807, 2.05) is 67.6 Å². The van der Waals surface area contributed by atoms with Crippen molar-refractivity contribution in [1.82, 2.24) is 10.2 Å². The maximum Gasteiger partial charge on any atom is 0.264 e. The largest absolute Gasteiger partial charge is 0.457 e. The number of sulfonamides is 1. The Morgan fingerprint density at radius 1 is 0.750 bits per heavy atom. The average molecular weight is 682 g/mol. The van der Waals surface area contributed by atoms with Gasteiger partial charge in [-0.25, -0.2) is 8.42 Å². The fraction of sp³-hybridized carbons (Fsp3) is 0.158. The maximum absolute atomic E-state index is 14.5. The number of nitrogens with one attached hydrogen (secondary N) is 1. The molecule has 0 fully saturated rings. The van der Waals surface area contributed by atoms with Crippen molar-refractivity contribution < 1.29 is 22.7 Å². The zero-order valence-electron chi connectivity index (χ0n) is 26.6. The minimum absolute atomic E-state index is 0.0295. The summed E-state index contributed by atoms with van der Waals surface area (Å²) in [5, 5.41) is 3.22. The van der Waals surface area contributed by atoms with Gasteiger partial charge in [-0.2, -0.15) is 0 Å². The Balaban J connectivity index is 1.54. The molecule has 1 N–H and O–H groups in total. The van der Waals surface area contributed by atoms with Crippen LogP contribution in [0.5, 0.6) is 11.5 Å². The minimum Gasteiger partial charge on any atom is -0.457 e. The Morgan fingerprint density at radius 2 is 1.33 bits per heavy atom. The summed E-state index contributed by atoms with van der Waals surface area (Å²) in [5.74, 6) is 0.184. The summed E-state index contributed by atoms with van der Waals surface area (Å²) in [4.78, 5) is 29.4. The van der Waals surface area contributed by atoms with Crippen molar-refractivity contribution in [3.8, 4) is 11.5 Å². The van der Waals surface area contributed by atoms with Crippen LogP contribution in [0.4, 0.5) is 5.69 Å². The third kappa shape index (κ3) is 8.61. The molecule has 0 radical (unpaired) electrons. The maximum atomic E-state index is 14.5. The number of para-hydroxylation sites is 1. The molecule has 10 heteroatoms. The fourth-order valence-electron chi connectivity index (χ4n) is 5.18. The van der Waals surface area contributed by atoms with Gasteiger partial charge in [0, 0.05) is 25.0 Å². The molecular weight excluding hydrogens is 646 g/mol. The van der Waals surface area contributed by atoms with Crippen LogP contribution < -0.4 is 14.4 Å². The van der Waals surface area contributed by atoms with Gasteiger partial charge in [0.05, 0.1) is 10.6 Å². The molecule has 246 valence electrons. The smallest absolute Gasteiger partial charge is 0.264 e. The number of anilines is 1. The van der Waals surface area contributed by atoms with E-state index in [0.29, 0.717) is 16.5 Å². The Morgan fingerprint density at radius 3 is 1.94 bits per heavy atom. The number of ether oxygens (including phenoxy) is 1. The number of likely N-dealkylation sites (N-methyl/N-ethyl adjacent to an activating group) is 1. The van der Waals surface area contributed by atoms with Crippen LogP contribution >= 0.6 is 11.6 Å². The molecule has 2 amide bonds. The van der Waals surface area contributed by atoms with Crippen LogP contribution in [0, 0.1) is 6.92 Å². The topological polar surface area (TPSA) is 96.0 Å². The highest BCUT2D eigenvalue weighted by Gasteiger charge is 2.34. The highest BCUT2D eigenvalue weighted by atomic mass is 35.5. The van der Waals surface area contributed by atoms with Crippen LogP contribution in [0.25, 0.3) is 0 Å². The quantitative estimate of drug-likeness (QED) is 0.144. The van der Waals surface area contributed by atoms with E-state index in [0.717, 1.165) is 21.0 Å². The number of halogens is 1. The van der Waals surface area contributed by atoms with Gasteiger partial charge in [-0.3, -0.25) is 13.9 Å². The summed E-state index contributed by atoms with van der Waals surface area (Å²) in [6, 6.07) is 37.6. The number of hydrogen-bond donors (Lipinski definition) is 1. The molecule has 0 heterocycles. The summed E-state index contributed by atoms with van der Waals surface area (Å²) in [6.45, 7) is 1.34. The van der Waals surface area contributed by atoms with Gasteiger partial charge in [-0.1, -0.05) is 90.0 Å². The number of aryl methyl sites for hydroxylation is 1. The van der Waals surface area contributed by atoms with E-state index in [1.54, 1.807) is 60.7 Å². The standard InChI is InChI=1S/C38H36ClN3O5S/c1-28-13-23-35(24-14-28)48(45,46)42(32-19-21-34(22-20-32)47-33-11-7-4-8-12-33)27-37(43)41(26-30-15-17-31(39)18-16-30)36(38(44)40-2)25-29-9-5-3-6-10-29/h3-24,36H,25-27H2,1-2H3,(H,40,44). The fourth-order valence-corrected chi connectivity index (χ4v) is 6.72. The first-order valence-corrected chi connectivity index (χ1v) is 17.2. The number of carbonyl (C=O) groups excluding carboxylic acids is 2. The first-order chi connectivity index (χ1) is 23.1. The van der Waals surface area contributed by atoms with Gasteiger partial charge in [-0.05, 0) is 78.7 Å². The summed E-state index contributed by atoms with van der Waals surface area (Å²) in [7, 11) is -2.72. The Hall–Kier alpha value is -5.12. The average Bonchev–Trinajstić information content (AvgIpc) is 3.10. The molecule has 48 heavy (non-hydrogen) atoms. The van der Waals surface area contributed by atoms with Gasteiger partial charge >= 0.3 is 0 Å². The minimum atomic E-state index is -4.23. The van der Waals surface area contributed by atoms with Crippen molar-refractivity contribution in [2.24, 2.45) is 0 Å². The zero-order valence-corrected chi connectivity index (χ0v) is 28.2. The normalized spacial score (nSPS) is 11.7. The highest BCUT2D eigenvalue weighted by molar-refractivity contribution is 7.92. The van der Waals surface area contributed by atoms with Crippen LogP contribution in [0.1, 0.15) is 16.7 Å². The molecule has 0 saturated carbocycles. The second-order valence-electron chi connectivity index (χ2n) is 11.2. The second kappa shape index (κ2) is 15.6. The van der Waals surface area contributed by atoms with E-state index >= 15 is 0 Å². The van der Waals surface area contributed by atoms with E-state index in [4.69, 9.17) is 16.3 Å². The van der Waals surface area contributed by atoms with Gasteiger partial charge in [-0.15, -0.1) is 0 Å². The highest BCUT2D eigenvalue weighted by Crippen LogP contribution is 2.29. The van der Waals surface area contributed by atoms with E-state index in [-0.39, 0.29) is 29.5 Å². The Bertz CT molecular complexity index is 1920. The van der Waals surface area contributed by atoms with Gasteiger partial charge in [0.2, 0.25) is 11.8 Å². The lowest BCUT2D eigenvalue weighted by Gasteiger charge is -2.33. The van der Waals surface area contributed by atoms with Crippen molar-refractivity contribution in [3.63, 3.8) is 0 Å². The molecule has 5 rings (SSSR count). The monoisotopic (exact) mass is 681 g/mol. The van der Waals surface area contributed by atoms with Crippen LogP contribution in [0.3, 0.4) is 0 Å². The SMILES string of the molecule is CNC(=O)C(Cc1ccccc1)N(Cc1ccc(Cl)cc1)C(=O)CN(c1ccc(Oc2ccccc2)cc1)S(=O)(=O)c1ccc(C)cc1. The molecule has 0 aliphatic carbocycles. The summed E-state index contributed by atoms with van der Waals surface area (Å²) in [6.07, 6.45) is 0.218. The van der Waals surface area contributed by atoms with E-state index in [9.17, 15) is 18.0 Å².